The summed E-state index contributed by atoms with van der Waals surface area (Å²) in [5.41, 5.74) is 3.73. The van der Waals surface area contributed by atoms with Gasteiger partial charge in [0.05, 0.1) is 5.52 Å². The van der Waals surface area contributed by atoms with E-state index < -0.39 is 6.04 Å². The quantitative estimate of drug-likeness (QED) is 0.213. The van der Waals surface area contributed by atoms with Gasteiger partial charge in [0, 0.05) is 67.3 Å². The first-order valence-electron chi connectivity index (χ1n) is 16.9. The van der Waals surface area contributed by atoms with Crippen LogP contribution in [0.15, 0.2) is 47.3 Å². The lowest BCUT2D eigenvalue weighted by atomic mass is 9.98. The Hall–Kier alpha value is -4.78. The van der Waals surface area contributed by atoms with Gasteiger partial charge in [0.1, 0.15) is 34.5 Å². The second-order valence-electron chi connectivity index (χ2n) is 13.8. The average Bonchev–Trinajstić information content (AvgIpc) is 3.47. The maximum atomic E-state index is 14.5. The minimum absolute atomic E-state index is 0.0599. The number of carbonyl (C=O) groups is 4. The summed E-state index contributed by atoms with van der Waals surface area (Å²) in [4.78, 5) is 71.3. The van der Waals surface area contributed by atoms with Crippen LogP contribution in [0.1, 0.15) is 72.9 Å². The highest BCUT2D eigenvalue weighted by Gasteiger charge is 2.67. The van der Waals surface area contributed by atoms with Crippen LogP contribution in [0.2, 0.25) is 0 Å². The maximum Gasteiger partial charge on any atom is 0.248 e. The number of nitrogens with zero attached hydrogens (tertiary/aromatic N) is 7. The number of Topliss-reactive ketones (excluding diaryl/α,β-unsaturated/α-hetero) is 1. The SMILES string of the molecule is CC(=O)c1nn2c3c(cc(-c4cnc(C)nc4)cc13)C=CCCCCC(=O)N(C)C[C@@]13C[C@@H](C(=O)Nc4nc(Br)ccc4C)N(C(=O)C2)[C@@H]1C3. The molecule has 2 fully saturated rings. The molecule has 3 aromatic heterocycles. The van der Waals surface area contributed by atoms with Crippen molar-refractivity contribution in [3.05, 3.63) is 70.0 Å². The number of carbonyl (C=O) groups excluding carboxylic acids is 4. The first-order chi connectivity index (χ1) is 23.9. The summed E-state index contributed by atoms with van der Waals surface area (Å²) in [6.45, 7) is 5.45. The van der Waals surface area contributed by atoms with Crippen molar-refractivity contribution >= 4 is 62.2 Å². The van der Waals surface area contributed by atoms with Crippen LogP contribution in [0.5, 0.6) is 0 Å². The number of pyridine rings is 1. The minimum atomic E-state index is -0.773. The molecule has 4 aromatic rings. The van der Waals surface area contributed by atoms with Crippen LogP contribution in [0.3, 0.4) is 0 Å². The van der Waals surface area contributed by atoms with Crippen molar-refractivity contribution in [2.45, 2.75) is 77.9 Å². The largest absolute Gasteiger partial charge is 0.345 e. The summed E-state index contributed by atoms with van der Waals surface area (Å²) in [6, 6.07) is 6.58. The monoisotopic (exact) mass is 738 g/mol. The van der Waals surface area contributed by atoms with Crippen LogP contribution < -0.4 is 5.32 Å². The van der Waals surface area contributed by atoms with Gasteiger partial charge in [-0.2, -0.15) is 5.10 Å². The molecule has 50 heavy (non-hydrogen) atoms. The van der Waals surface area contributed by atoms with Crippen molar-refractivity contribution in [2.24, 2.45) is 5.41 Å². The van der Waals surface area contributed by atoms with E-state index >= 15 is 0 Å². The summed E-state index contributed by atoms with van der Waals surface area (Å²) in [7, 11) is 1.81. The van der Waals surface area contributed by atoms with Crippen LogP contribution in [0, 0.1) is 19.3 Å². The zero-order chi connectivity index (χ0) is 35.3. The molecule has 3 atom stereocenters. The lowest BCUT2D eigenvalue weighted by Gasteiger charge is -2.27. The molecule has 258 valence electrons. The molecular weight excluding hydrogens is 700 g/mol. The molecule has 1 aromatic carbocycles. The Morgan fingerprint density at radius 2 is 1.80 bits per heavy atom. The predicted molar refractivity (Wildman–Crippen MR) is 192 cm³/mol. The van der Waals surface area contributed by atoms with E-state index in [2.05, 4.69) is 42.3 Å². The number of benzene rings is 1. The van der Waals surface area contributed by atoms with E-state index in [9.17, 15) is 19.2 Å². The van der Waals surface area contributed by atoms with Crippen molar-refractivity contribution in [3.8, 4) is 11.1 Å². The van der Waals surface area contributed by atoms with Gasteiger partial charge in [0.15, 0.2) is 5.78 Å². The third-order valence-electron chi connectivity index (χ3n) is 10.2. The number of allylic oxidation sites excluding steroid dienone is 1. The highest BCUT2D eigenvalue weighted by molar-refractivity contribution is 9.10. The molecule has 0 spiro atoms. The smallest absolute Gasteiger partial charge is 0.248 e. The molecule has 2 bridgehead atoms. The van der Waals surface area contributed by atoms with Crippen molar-refractivity contribution < 1.29 is 19.2 Å². The molecule has 12 nitrogen and oxygen atoms in total. The van der Waals surface area contributed by atoms with Crippen LogP contribution in [0.25, 0.3) is 28.1 Å². The summed E-state index contributed by atoms with van der Waals surface area (Å²) in [5.74, 6) is 0.298. The highest BCUT2D eigenvalue weighted by atomic mass is 79.9. The summed E-state index contributed by atoms with van der Waals surface area (Å²) >= 11 is 3.38. The van der Waals surface area contributed by atoms with Gasteiger partial charge >= 0.3 is 0 Å². The van der Waals surface area contributed by atoms with Gasteiger partial charge in [0.25, 0.3) is 0 Å². The van der Waals surface area contributed by atoms with E-state index in [1.165, 1.54) is 6.92 Å². The number of nitrogens with one attached hydrogen (secondary N) is 1. The van der Waals surface area contributed by atoms with Crippen LogP contribution in [0.4, 0.5) is 5.82 Å². The molecule has 1 saturated heterocycles. The fraction of sp³-hybridized carbons (Fsp3) is 0.405. The van der Waals surface area contributed by atoms with Crippen LogP contribution in [-0.2, 0) is 20.9 Å². The Kier molecular flexibility index (Phi) is 8.87. The number of hydrogen-bond donors (Lipinski definition) is 1. The van der Waals surface area contributed by atoms with Gasteiger partial charge in [0.2, 0.25) is 17.7 Å². The van der Waals surface area contributed by atoms with E-state index in [-0.39, 0.29) is 47.2 Å². The molecule has 13 heteroatoms. The maximum absolute atomic E-state index is 14.5. The van der Waals surface area contributed by atoms with E-state index in [0.29, 0.717) is 53.0 Å². The summed E-state index contributed by atoms with van der Waals surface area (Å²) in [5, 5.41) is 8.31. The number of halogens is 1. The minimum Gasteiger partial charge on any atom is -0.345 e. The second-order valence-corrected chi connectivity index (χ2v) is 14.6. The second kappa shape index (κ2) is 13.2. The predicted octanol–water partition coefficient (Wildman–Crippen LogP) is 5.51. The van der Waals surface area contributed by atoms with E-state index in [4.69, 9.17) is 5.10 Å². The summed E-state index contributed by atoms with van der Waals surface area (Å²) < 4.78 is 2.19. The van der Waals surface area contributed by atoms with Crippen LogP contribution >= 0.6 is 15.9 Å². The van der Waals surface area contributed by atoms with Crippen LogP contribution in [-0.4, -0.2) is 83.7 Å². The molecule has 0 unspecified atom stereocenters. The molecule has 5 heterocycles. The molecule has 0 radical (unpaired) electrons. The average molecular weight is 740 g/mol. The Bertz CT molecular complexity index is 2080. The van der Waals surface area contributed by atoms with Crippen molar-refractivity contribution in [1.82, 2.24) is 34.5 Å². The molecule has 1 N–H and O–H groups in total. The number of rotatable bonds is 4. The Morgan fingerprint density at radius 1 is 1.02 bits per heavy atom. The first-order valence-corrected chi connectivity index (χ1v) is 17.7. The number of anilines is 1. The highest BCUT2D eigenvalue weighted by Crippen LogP contribution is 2.60. The van der Waals surface area contributed by atoms with E-state index in [0.717, 1.165) is 41.5 Å². The van der Waals surface area contributed by atoms with Gasteiger partial charge in [-0.05, 0) is 91.2 Å². The van der Waals surface area contributed by atoms with E-state index in [1.54, 1.807) is 32.9 Å². The Labute approximate surface area is 298 Å². The number of amides is 3. The first kappa shape index (κ1) is 33.7. The molecule has 3 aliphatic rings. The zero-order valence-corrected chi connectivity index (χ0v) is 30.2. The number of aromatic nitrogens is 5. The number of piperidine rings is 1. The molecule has 7 rings (SSSR count). The standard InChI is InChI=1S/C37H39BrN8O4/c1-21-11-12-30(38)41-35(21)42-36(50)28-15-37-16-29(37)46(28)32(49)19-45-34-24(9-7-5-6-8-10-31(48)44(4)20-37)13-25(26-17-39-23(3)40-18-26)14-27(34)33(43-45)22(2)47/h7,9,11-14,17-18,28-29H,5-6,8,10,15-16,19-20H2,1-4H3,(H,41,42,50)/t28-,29+,37-/m0/s1. The van der Waals surface area contributed by atoms with Gasteiger partial charge in [-0.25, -0.2) is 15.0 Å². The van der Waals surface area contributed by atoms with Gasteiger partial charge in [-0.3, -0.25) is 23.9 Å². The topological polar surface area (TPSA) is 143 Å². The number of aryl methyl sites for hydroxylation is 2. The number of ketones is 1. The Balaban J connectivity index is 1.31. The van der Waals surface area contributed by atoms with Gasteiger partial charge < -0.3 is 15.1 Å². The third-order valence-corrected chi connectivity index (χ3v) is 10.6. The van der Waals surface area contributed by atoms with Crippen molar-refractivity contribution in [2.75, 3.05) is 18.9 Å². The van der Waals surface area contributed by atoms with Crippen molar-refractivity contribution in [3.63, 3.8) is 0 Å². The molecule has 1 saturated carbocycles. The molecular formula is C37H39BrN8O4. The zero-order valence-electron chi connectivity index (χ0n) is 28.6. The normalized spacial score (nSPS) is 22.4. The molecule has 2 aliphatic heterocycles. The lowest BCUT2D eigenvalue weighted by Crippen LogP contribution is -2.47. The fourth-order valence-electron chi connectivity index (χ4n) is 7.54. The fourth-order valence-corrected chi connectivity index (χ4v) is 7.85. The van der Waals surface area contributed by atoms with E-state index in [1.807, 2.05) is 45.2 Å². The number of hydrogen-bond acceptors (Lipinski definition) is 8. The lowest BCUT2D eigenvalue weighted by molar-refractivity contribution is -0.138. The van der Waals surface area contributed by atoms with Gasteiger partial charge in [-0.1, -0.05) is 18.2 Å². The van der Waals surface area contributed by atoms with Crippen molar-refractivity contribution in [1.29, 1.82) is 0 Å². The molecule has 3 amide bonds. The Morgan fingerprint density at radius 3 is 2.56 bits per heavy atom. The molecule has 1 aliphatic carbocycles. The third kappa shape index (κ3) is 6.34. The summed E-state index contributed by atoms with van der Waals surface area (Å²) in [6.07, 6.45) is 11.4. The van der Waals surface area contributed by atoms with Gasteiger partial charge in [-0.15, -0.1) is 0 Å².